The van der Waals surface area contributed by atoms with Crippen molar-refractivity contribution in [1.29, 1.82) is 0 Å². The Labute approximate surface area is 72.0 Å². The Morgan fingerprint density at radius 1 is 1.18 bits per heavy atom. The molecule has 64 valence electrons. The Morgan fingerprint density at radius 3 is 1.64 bits per heavy atom. The van der Waals surface area contributed by atoms with Crippen LogP contribution < -0.4 is 0 Å². The molecule has 0 bridgehead atoms. The molecule has 0 nitrogen and oxygen atoms in total. The minimum Gasteiger partial charge on any atom is -0.0998 e. The monoisotopic (exact) mass is 168 g/mol. The number of hydrogen-bond acceptors (Lipinski definition) is 0. The summed E-state index contributed by atoms with van der Waals surface area (Å²) in [6.45, 7) is 14.8. The molecule has 0 atom stereocenters. The second kappa shape index (κ2) is 4.55. The normalized spacial score (nSPS) is 11.2. The van der Waals surface area contributed by atoms with Gasteiger partial charge in [-0.3, -0.25) is 0 Å². The Morgan fingerprint density at radius 2 is 1.55 bits per heavy atom. The maximum absolute atomic E-state index is 4.10. The van der Waals surface area contributed by atoms with Gasteiger partial charge in [-0.15, -0.1) is 0 Å². The molecule has 0 aromatic carbocycles. The van der Waals surface area contributed by atoms with Crippen molar-refractivity contribution in [2.24, 2.45) is 0 Å². The molecule has 0 aromatic rings. The third-order valence-electron chi connectivity index (χ3n) is 2.96. The third kappa shape index (κ3) is 2.06. The summed E-state index contributed by atoms with van der Waals surface area (Å²) in [6.07, 6.45) is 1.96. The van der Waals surface area contributed by atoms with E-state index in [1.54, 1.807) is 0 Å². The quantitative estimate of drug-likeness (QED) is 0.433. The number of allylic oxidation sites excluding steroid dienone is 2. The minimum atomic E-state index is -1.13. The van der Waals surface area contributed by atoms with Gasteiger partial charge in [0, 0.05) is 0 Å². The lowest BCUT2D eigenvalue weighted by atomic mass is 10.6. The second-order valence-corrected chi connectivity index (χ2v) is 8.39. The van der Waals surface area contributed by atoms with Crippen LogP contribution in [0.15, 0.2) is 24.4 Å². The molecule has 1 heteroatoms. The van der Waals surface area contributed by atoms with Gasteiger partial charge >= 0.3 is 0 Å². The highest BCUT2D eigenvalue weighted by Gasteiger charge is 2.27. The summed E-state index contributed by atoms with van der Waals surface area (Å²) < 4.78 is 0. The first-order valence-corrected chi connectivity index (χ1v) is 7.10. The molecule has 11 heavy (non-hydrogen) atoms. The molecule has 0 amide bonds. The van der Waals surface area contributed by atoms with Crippen molar-refractivity contribution in [1.82, 2.24) is 0 Å². The van der Waals surface area contributed by atoms with Gasteiger partial charge in [-0.1, -0.05) is 63.3 Å². The van der Waals surface area contributed by atoms with E-state index in [-0.39, 0.29) is 0 Å². The molecule has 0 spiro atoms. The van der Waals surface area contributed by atoms with E-state index in [0.29, 0.717) is 0 Å². The van der Waals surface area contributed by atoms with Crippen LogP contribution in [0.1, 0.15) is 20.8 Å². The average Bonchev–Trinajstić information content (AvgIpc) is 2.08. The van der Waals surface area contributed by atoms with Crippen LogP contribution in [0.2, 0.25) is 18.1 Å². The molecule has 0 saturated heterocycles. The molecule has 0 unspecified atom stereocenters. The Kier molecular flexibility index (Phi) is 4.42. The van der Waals surface area contributed by atoms with Crippen molar-refractivity contribution >= 4 is 8.07 Å². The highest BCUT2D eigenvalue weighted by Crippen LogP contribution is 2.27. The smallest absolute Gasteiger partial charge is 0.0851 e. The van der Waals surface area contributed by atoms with E-state index < -0.39 is 8.07 Å². The molecule has 0 aliphatic rings. The molecule has 0 aromatic heterocycles. The number of hydrogen-bond donors (Lipinski definition) is 0. The van der Waals surface area contributed by atoms with Crippen LogP contribution in [-0.4, -0.2) is 8.07 Å². The molecule has 0 saturated carbocycles. The molecular formula is C10H20Si. The zero-order valence-electron chi connectivity index (χ0n) is 8.11. The Bertz CT molecular complexity index is 135. The lowest BCUT2D eigenvalue weighted by Crippen LogP contribution is -2.33. The van der Waals surface area contributed by atoms with E-state index in [0.717, 1.165) is 0 Å². The van der Waals surface area contributed by atoms with Gasteiger partial charge in [0.15, 0.2) is 0 Å². The standard InChI is InChI=1S/C10H20Si/c1-6-10(5)11(7-2,8-3)9-4/h6H,1,5,7-9H2,2-4H3. The van der Waals surface area contributed by atoms with Gasteiger partial charge in [-0.05, 0) is 0 Å². The predicted molar refractivity (Wildman–Crippen MR) is 56.5 cm³/mol. The van der Waals surface area contributed by atoms with Gasteiger partial charge in [0.2, 0.25) is 0 Å². The highest BCUT2D eigenvalue weighted by molar-refractivity contribution is 6.86. The molecule has 0 aliphatic carbocycles. The first kappa shape index (κ1) is 10.7. The summed E-state index contributed by atoms with van der Waals surface area (Å²) in [4.78, 5) is 0. The van der Waals surface area contributed by atoms with E-state index in [1.807, 2.05) is 6.08 Å². The first-order valence-electron chi connectivity index (χ1n) is 4.48. The summed E-state index contributed by atoms with van der Waals surface area (Å²) in [5, 5.41) is 1.34. The van der Waals surface area contributed by atoms with E-state index in [1.165, 1.54) is 23.3 Å². The SMILES string of the molecule is C=CC(=C)[Si](CC)(CC)CC. The molecule has 0 heterocycles. The van der Waals surface area contributed by atoms with Crippen LogP contribution in [0.25, 0.3) is 0 Å². The van der Waals surface area contributed by atoms with Crippen molar-refractivity contribution in [3.05, 3.63) is 24.4 Å². The second-order valence-electron chi connectivity index (χ2n) is 3.07. The molecule has 0 rings (SSSR count). The van der Waals surface area contributed by atoms with Crippen LogP contribution in [0, 0.1) is 0 Å². The van der Waals surface area contributed by atoms with Crippen LogP contribution in [0.3, 0.4) is 0 Å². The van der Waals surface area contributed by atoms with Crippen molar-refractivity contribution in [2.75, 3.05) is 0 Å². The molecule has 0 radical (unpaired) electrons. The maximum atomic E-state index is 4.10. The topological polar surface area (TPSA) is 0 Å². The van der Waals surface area contributed by atoms with Crippen molar-refractivity contribution in [2.45, 2.75) is 38.9 Å². The first-order chi connectivity index (χ1) is 5.16. The van der Waals surface area contributed by atoms with Crippen molar-refractivity contribution in [3.8, 4) is 0 Å². The summed E-state index contributed by atoms with van der Waals surface area (Å²) in [5.74, 6) is 0. The van der Waals surface area contributed by atoms with Gasteiger partial charge in [0.25, 0.3) is 0 Å². The zero-order valence-corrected chi connectivity index (χ0v) is 9.11. The van der Waals surface area contributed by atoms with E-state index >= 15 is 0 Å². The lowest BCUT2D eigenvalue weighted by Gasteiger charge is -2.28. The molecule has 0 aliphatic heterocycles. The van der Waals surface area contributed by atoms with Gasteiger partial charge in [0.1, 0.15) is 0 Å². The van der Waals surface area contributed by atoms with Crippen LogP contribution in [0.4, 0.5) is 0 Å². The Hall–Kier alpha value is -0.303. The summed E-state index contributed by atoms with van der Waals surface area (Å²) >= 11 is 0. The van der Waals surface area contributed by atoms with Crippen LogP contribution >= 0.6 is 0 Å². The minimum absolute atomic E-state index is 1.13. The molecule has 0 N–H and O–H groups in total. The summed E-state index contributed by atoms with van der Waals surface area (Å²) in [6, 6.07) is 3.93. The van der Waals surface area contributed by atoms with Crippen molar-refractivity contribution < 1.29 is 0 Å². The fourth-order valence-electron chi connectivity index (χ4n) is 1.65. The Balaban J connectivity index is 4.52. The molecule has 0 fully saturated rings. The third-order valence-corrected chi connectivity index (χ3v) is 8.59. The van der Waals surface area contributed by atoms with Crippen LogP contribution in [0.5, 0.6) is 0 Å². The van der Waals surface area contributed by atoms with E-state index in [2.05, 4.69) is 33.9 Å². The maximum Gasteiger partial charge on any atom is 0.0851 e. The summed E-state index contributed by atoms with van der Waals surface area (Å²) in [5.41, 5.74) is 0. The lowest BCUT2D eigenvalue weighted by molar-refractivity contribution is 1.18. The van der Waals surface area contributed by atoms with Gasteiger partial charge in [0.05, 0.1) is 8.07 Å². The average molecular weight is 168 g/mol. The molecular weight excluding hydrogens is 148 g/mol. The highest BCUT2D eigenvalue weighted by atomic mass is 28.3. The largest absolute Gasteiger partial charge is 0.0998 e. The van der Waals surface area contributed by atoms with Gasteiger partial charge in [-0.2, -0.15) is 0 Å². The fourth-order valence-corrected chi connectivity index (χ4v) is 4.94. The predicted octanol–water partition coefficient (Wildman–Crippen LogP) is 3.78. The van der Waals surface area contributed by atoms with Gasteiger partial charge < -0.3 is 0 Å². The zero-order chi connectivity index (χ0) is 8.91. The van der Waals surface area contributed by atoms with Gasteiger partial charge in [-0.25, -0.2) is 0 Å². The van der Waals surface area contributed by atoms with Crippen molar-refractivity contribution in [3.63, 3.8) is 0 Å². The van der Waals surface area contributed by atoms with E-state index in [4.69, 9.17) is 0 Å². The van der Waals surface area contributed by atoms with E-state index in [9.17, 15) is 0 Å². The summed E-state index contributed by atoms with van der Waals surface area (Å²) in [7, 11) is -1.13. The fraction of sp³-hybridized carbons (Fsp3) is 0.600. The van der Waals surface area contributed by atoms with Crippen LogP contribution in [-0.2, 0) is 0 Å². The number of rotatable bonds is 5.